The molecule has 0 aliphatic carbocycles. The van der Waals surface area contributed by atoms with Gasteiger partial charge in [0.25, 0.3) is 5.56 Å². The number of aromatic nitrogens is 3. The predicted molar refractivity (Wildman–Crippen MR) is 129 cm³/mol. The van der Waals surface area contributed by atoms with Gasteiger partial charge in [0, 0.05) is 55.1 Å². The third-order valence-corrected chi connectivity index (χ3v) is 6.03. The molecule has 7 heteroatoms. The standard InChI is InChI=1S/C24H29N5OS/c1-16(2)26-15-19-7-5-13-29(19)24-27-22(17-9-11-25-12-10-17)21(23(30)28(24)3)18-6-4-8-20(31)14-18/h4,6,8-12,14,16,19,26,31H,5,7,13,15H2,1-3H3/t19-/m1/s1. The Morgan fingerprint density at radius 2 is 1.97 bits per heavy atom. The van der Waals surface area contributed by atoms with E-state index in [0.29, 0.717) is 23.3 Å². The summed E-state index contributed by atoms with van der Waals surface area (Å²) in [6.07, 6.45) is 5.65. The molecule has 1 saturated heterocycles. The zero-order valence-corrected chi connectivity index (χ0v) is 19.1. The predicted octanol–water partition coefficient (Wildman–Crippen LogP) is 3.76. The fourth-order valence-corrected chi connectivity index (χ4v) is 4.40. The smallest absolute Gasteiger partial charge is 0.263 e. The van der Waals surface area contributed by atoms with Crippen molar-refractivity contribution in [2.24, 2.45) is 7.05 Å². The van der Waals surface area contributed by atoms with Crippen molar-refractivity contribution < 1.29 is 0 Å². The summed E-state index contributed by atoms with van der Waals surface area (Å²) in [6.45, 7) is 6.08. The van der Waals surface area contributed by atoms with Crippen LogP contribution in [0.2, 0.25) is 0 Å². The summed E-state index contributed by atoms with van der Waals surface area (Å²) in [5.74, 6) is 0.718. The second kappa shape index (κ2) is 9.24. The zero-order valence-electron chi connectivity index (χ0n) is 18.2. The molecule has 1 aliphatic heterocycles. The molecule has 3 heterocycles. The van der Waals surface area contributed by atoms with Gasteiger partial charge < -0.3 is 10.2 Å². The summed E-state index contributed by atoms with van der Waals surface area (Å²) in [5, 5.41) is 3.54. The lowest BCUT2D eigenvalue weighted by Crippen LogP contribution is -2.43. The van der Waals surface area contributed by atoms with E-state index in [4.69, 9.17) is 4.98 Å². The number of thiol groups is 1. The minimum Gasteiger partial charge on any atom is -0.338 e. The first-order valence-corrected chi connectivity index (χ1v) is 11.2. The molecule has 0 radical (unpaired) electrons. The van der Waals surface area contributed by atoms with Gasteiger partial charge in [0.15, 0.2) is 0 Å². The van der Waals surface area contributed by atoms with E-state index in [-0.39, 0.29) is 5.56 Å². The molecular formula is C24H29N5OS. The average molecular weight is 436 g/mol. The Hall–Kier alpha value is -2.64. The van der Waals surface area contributed by atoms with Crippen LogP contribution in [0.4, 0.5) is 5.95 Å². The van der Waals surface area contributed by atoms with Gasteiger partial charge >= 0.3 is 0 Å². The second-order valence-corrected chi connectivity index (χ2v) is 8.85. The van der Waals surface area contributed by atoms with Crippen LogP contribution in [0.1, 0.15) is 26.7 Å². The molecule has 1 aliphatic rings. The Bertz CT molecular complexity index is 1110. The highest BCUT2D eigenvalue weighted by molar-refractivity contribution is 7.80. The fourth-order valence-electron chi connectivity index (χ4n) is 4.17. The molecular weight excluding hydrogens is 406 g/mol. The number of anilines is 1. The molecule has 0 unspecified atom stereocenters. The van der Waals surface area contributed by atoms with Crippen LogP contribution in [0.15, 0.2) is 58.5 Å². The molecule has 2 aromatic heterocycles. The lowest BCUT2D eigenvalue weighted by molar-refractivity contribution is 0.517. The molecule has 1 atom stereocenters. The molecule has 6 nitrogen and oxygen atoms in total. The van der Waals surface area contributed by atoms with Crippen molar-refractivity contribution in [3.8, 4) is 22.4 Å². The molecule has 162 valence electrons. The molecule has 1 fully saturated rings. The van der Waals surface area contributed by atoms with E-state index in [1.807, 2.05) is 43.4 Å². The van der Waals surface area contributed by atoms with Crippen molar-refractivity contribution in [2.45, 2.75) is 43.7 Å². The molecule has 31 heavy (non-hydrogen) atoms. The van der Waals surface area contributed by atoms with Crippen molar-refractivity contribution in [3.05, 3.63) is 59.1 Å². The van der Waals surface area contributed by atoms with Crippen LogP contribution in [-0.2, 0) is 7.05 Å². The van der Waals surface area contributed by atoms with Crippen LogP contribution >= 0.6 is 12.6 Å². The van der Waals surface area contributed by atoms with E-state index in [2.05, 4.69) is 41.7 Å². The average Bonchev–Trinajstić information content (AvgIpc) is 3.23. The van der Waals surface area contributed by atoms with E-state index >= 15 is 0 Å². The number of hydrogen-bond donors (Lipinski definition) is 2. The van der Waals surface area contributed by atoms with Crippen molar-refractivity contribution >= 4 is 18.6 Å². The minimum absolute atomic E-state index is 0.0572. The van der Waals surface area contributed by atoms with Crippen molar-refractivity contribution in [1.29, 1.82) is 0 Å². The maximum Gasteiger partial charge on any atom is 0.263 e. The lowest BCUT2D eigenvalue weighted by Gasteiger charge is -2.29. The molecule has 0 bridgehead atoms. The van der Waals surface area contributed by atoms with Crippen LogP contribution in [0.3, 0.4) is 0 Å². The van der Waals surface area contributed by atoms with Crippen molar-refractivity contribution in [2.75, 3.05) is 18.0 Å². The Balaban J connectivity index is 1.87. The Kier molecular flexibility index (Phi) is 6.43. The van der Waals surface area contributed by atoms with Gasteiger partial charge in [-0.25, -0.2) is 4.98 Å². The van der Waals surface area contributed by atoms with Crippen LogP contribution in [0.5, 0.6) is 0 Å². The van der Waals surface area contributed by atoms with Gasteiger partial charge in [-0.2, -0.15) is 0 Å². The summed E-state index contributed by atoms with van der Waals surface area (Å²) >= 11 is 4.47. The largest absolute Gasteiger partial charge is 0.338 e. The van der Waals surface area contributed by atoms with E-state index in [9.17, 15) is 4.79 Å². The fraction of sp³-hybridized carbons (Fsp3) is 0.375. The maximum absolute atomic E-state index is 13.7. The first-order valence-electron chi connectivity index (χ1n) is 10.8. The number of hydrogen-bond acceptors (Lipinski definition) is 6. The van der Waals surface area contributed by atoms with Crippen LogP contribution in [-0.4, -0.2) is 39.7 Å². The summed E-state index contributed by atoms with van der Waals surface area (Å²) in [6, 6.07) is 12.2. The van der Waals surface area contributed by atoms with Gasteiger partial charge in [0.2, 0.25) is 5.95 Å². The monoisotopic (exact) mass is 435 g/mol. The van der Waals surface area contributed by atoms with E-state index in [1.165, 1.54) is 0 Å². The Morgan fingerprint density at radius 1 is 1.19 bits per heavy atom. The molecule has 4 rings (SSSR count). The number of benzene rings is 1. The van der Waals surface area contributed by atoms with Gasteiger partial charge in [-0.3, -0.25) is 14.3 Å². The minimum atomic E-state index is -0.0572. The normalized spacial score (nSPS) is 16.3. The molecule has 1 N–H and O–H groups in total. The lowest BCUT2D eigenvalue weighted by atomic mass is 10.0. The Morgan fingerprint density at radius 3 is 2.68 bits per heavy atom. The van der Waals surface area contributed by atoms with E-state index in [1.54, 1.807) is 17.0 Å². The summed E-state index contributed by atoms with van der Waals surface area (Å²) in [5.41, 5.74) is 2.91. The van der Waals surface area contributed by atoms with Gasteiger partial charge in [-0.05, 0) is 42.7 Å². The number of rotatable bonds is 6. The van der Waals surface area contributed by atoms with E-state index in [0.717, 1.165) is 47.9 Å². The molecule has 3 aromatic rings. The quantitative estimate of drug-likeness (QED) is 0.577. The third kappa shape index (κ3) is 4.52. The van der Waals surface area contributed by atoms with Gasteiger partial charge in [0.05, 0.1) is 11.3 Å². The Labute approximate surface area is 188 Å². The highest BCUT2D eigenvalue weighted by Gasteiger charge is 2.29. The number of pyridine rings is 1. The van der Waals surface area contributed by atoms with Gasteiger partial charge in [-0.1, -0.05) is 26.0 Å². The number of nitrogens with one attached hydrogen (secondary N) is 1. The number of nitrogens with zero attached hydrogens (tertiary/aromatic N) is 4. The maximum atomic E-state index is 13.7. The van der Waals surface area contributed by atoms with Crippen molar-refractivity contribution in [3.63, 3.8) is 0 Å². The van der Waals surface area contributed by atoms with Crippen molar-refractivity contribution in [1.82, 2.24) is 19.9 Å². The molecule has 0 spiro atoms. The van der Waals surface area contributed by atoms with Gasteiger partial charge in [0.1, 0.15) is 0 Å². The first kappa shape index (κ1) is 21.6. The van der Waals surface area contributed by atoms with Crippen LogP contribution < -0.4 is 15.8 Å². The van der Waals surface area contributed by atoms with Crippen LogP contribution in [0, 0.1) is 0 Å². The molecule has 1 aromatic carbocycles. The highest BCUT2D eigenvalue weighted by atomic mass is 32.1. The summed E-state index contributed by atoms with van der Waals surface area (Å²) < 4.78 is 1.69. The van der Waals surface area contributed by atoms with Gasteiger partial charge in [-0.15, -0.1) is 12.6 Å². The molecule has 0 amide bonds. The second-order valence-electron chi connectivity index (χ2n) is 8.34. The van der Waals surface area contributed by atoms with E-state index < -0.39 is 0 Å². The third-order valence-electron chi connectivity index (χ3n) is 5.75. The SMILES string of the molecule is CC(C)NC[C@H]1CCCN1c1nc(-c2ccncc2)c(-c2cccc(S)c2)c(=O)n1C. The first-order chi connectivity index (χ1) is 15.0. The zero-order chi connectivity index (χ0) is 22.0. The highest BCUT2D eigenvalue weighted by Crippen LogP contribution is 2.32. The topological polar surface area (TPSA) is 63.0 Å². The molecule has 0 saturated carbocycles. The van der Waals surface area contributed by atoms with Crippen LogP contribution in [0.25, 0.3) is 22.4 Å². The summed E-state index contributed by atoms with van der Waals surface area (Å²) in [7, 11) is 1.82. The summed E-state index contributed by atoms with van der Waals surface area (Å²) in [4.78, 5) is 26.0.